The van der Waals surface area contributed by atoms with Crippen molar-refractivity contribution in [3.05, 3.63) is 107 Å². The lowest BCUT2D eigenvalue weighted by Crippen LogP contribution is -2.59. The van der Waals surface area contributed by atoms with Gasteiger partial charge in [-0.1, -0.05) is 72.8 Å². The monoisotopic (exact) mass is 584 g/mol. The summed E-state index contributed by atoms with van der Waals surface area (Å²) in [5.41, 5.74) is 1.87. The molecule has 0 aromatic heterocycles. The molecule has 11 heteroatoms. The SMILES string of the molecule is COC(=O)[C@@H]1CCCN1C(=O)[C@H](COCc1ccccc1)NC(=O)N(Cc1ccccc1)N1C(=O)c2ccccc2C1=O. The molecule has 2 aliphatic heterocycles. The predicted molar refractivity (Wildman–Crippen MR) is 154 cm³/mol. The van der Waals surface area contributed by atoms with E-state index in [0.29, 0.717) is 24.9 Å². The van der Waals surface area contributed by atoms with Crippen LogP contribution in [0.3, 0.4) is 0 Å². The average Bonchev–Trinajstić information content (AvgIpc) is 3.63. The van der Waals surface area contributed by atoms with Gasteiger partial charge in [0.15, 0.2) is 0 Å². The Kier molecular flexibility index (Phi) is 9.11. The molecule has 11 nitrogen and oxygen atoms in total. The Hall–Kier alpha value is -5.03. The molecule has 2 aliphatic rings. The Morgan fingerprint density at radius 2 is 1.47 bits per heavy atom. The summed E-state index contributed by atoms with van der Waals surface area (Å²) in [6.07, 6.45) is 1.02. The number of methoxy groups -OCH3 is 1. The van der Waals surface area contributed by atoms with E-state index in [1.807, 2.05) is 36.4 Å². The molecule has 5 rings (SSSR count). The molecule has 0 saturated carbocycles. The zero-order valence-electron chi connectivity index (χ0n) is 23.7. The number of fused-ring (bicyclic) bond motifs is 1. The van der Waals surface area contributed by atoms with Crippen LogP contribution >= 0.6 is 0 Å². The number of esters is 1. The number of hydrogen-bond donors (Lipinski definition) is 1. The second-order valence-corrected chi connectivity index (χ2v) is 10.2. The second-order valence-electron chi connectivity index (χ2n) is 10.2. The topological polar surface area (TPSA) is 126 Å². The Balaban J connectivity index is 1.42. The molecule has 3 aromatic rings. The van der Waals surface area contributed by atoms with Gasteiger partial charge in [0.2, 0.25) is 5.91 Å². The van der Waals surface area contributed by atoms with Crippen LogP contribution in [0.25, 0.3) is 0 Å². The Labute approximate surface area is 248 Å². The van der Waals surface area contributed by atoms with Crippen molar-refractivity contribution < 1.29 is 33.4 Å². The number of urea groups is 1. The summed E-state index contributed by atoms with van der Waals surface area (Å²) in [6.45, 7) is 0.131. The average molecular weight is 585 g/mol. The molecular formula is C32H32N4O7. The van der Waals surface area contributed by atoms with Crippen LogP contribution in [-0.2, 0) is 32.2 Å². The van der Waals surface area contributed by atoms with Gasteiger partial charge in [0, 0.05) is 6.54 Å². The van der Waals surface area contributed by atoms with Crippen molar-refractivity contribution in [3.63, 3.8) is 0 Å². The van der Waals surface area contributed by atoms with Crippen LogP contribution in [0.1, 0.15) is 44.7 Å². The minimum absolute atomic E-state index is 0.127. The molecular weight excluding hydrogens is 552 g/mol. The van der Waals surface area contributed by atoms with E-state index in [-0.39, 0.29) is 30.9 Å². The third-order valence-electron chi connectivity index (χ3n) is 7.42. The number of carbonyl (C=O) groups excluding carboxylic acids is 5. The van der Waals surface area contributed by atoms with Gasteiger partial charge in [-0.3, -0.25) is 14.4 Å². The quantitative estimate of drug-likeness (QED) is 0.287. The van der Waals surface area contributed by atoms with Gasteiger partial charge < -0.3 is 19.7 Å². The molecule has 3 aromatic carbocycles. The number of nitrogens with zero attached hydrogens (tertiary/aromatic N) is 3. The number of ether oxygens (including phenoxy) is 2. The fraction of sp³-hybridized carbons (Fsp3) is 0.281. The molecule has 0 bridgehead atoms. The summed E-state index contributed by atoms with van der Waals surface area (Å²) in [5.74, 6) is -2.38. The molecule has 5 amide bonds. The second kappa shape index (κ2) is 13.3. The smallest absolute Gasteiger partial charge is 0.337 e. The van der Waals surface area contributed by atoms with Gasteiger partial charge in [-0.25, -0.2) is 14.6 Å². The van der Waals surface area contributed by atoms with E-state index in [2.05, 4.69) is 5.32 Å². The van der Waals surface area contributed by atoms with E-state index >= 15 is 0 Å². The van der Waals surface area contributed by atoms with Crippen LogP contribution in [0.2, 0.25) is 0 Å². The molecule has 0 spiro atoms. The first-order chi connectivity index (χ1) is 20.9. The van der Waals surface area contributed by atoms with Crippen molar-refractivity contribution in [1.82, 2.24) is 20.2 Å². The van der Waals surface area contributed by atoms with E-state index in [1.165, 1.54) is 24.1 Å². The molecule has 0 unspecified atom stereocenters. The number of likely N-dealkylation sites (tertiary alicyclic amines) is 1. The van der Waals surface area contributed by atoms with E-state index in [4.69, 9.17) is 9.47 Å². The van der Waals surface area contributed by atoms with Crippen molar-refractivity contribution in [1.29, 1.82) is 0 Å². The highest BCUT2D eigenvalue weighted by Gasteiger charge is 2.43. The highest BCUT2D eigenvalue weighted by atomic mass is 16.5. The third-order valence-corrected chi connectivity index (χ3v) is 7.42. The zero-order valence-corrected chi connectivity index (χ0v) is 23.7. The van der Waals surface area contributed by atoms with Crippen LogP contribution < -0.4 is 5.32 Å². The fourth-order valence-electron chi connectivity index (χ4n) is 5.26. The number of imide groups is 1. The van der Waals surface area contributed by atoms with Crippen molar-refractivity contribution in [2.24, 2.45) is 0 Å². The van der Waals surface area contributed by atoms with E-state index in [1.54, 1.807) is 36.4 Å². The maximum Gasteiger partial charge on any atom is 0.337 e. The van der Waals surface area contributed by atoms with E-state index < -0.39 is 41.8 Å². The normalized spacial score (nSPS) is 16.5. The van der Waals surface area contributed by atoms with Crippen molar-refractivity contribution in [3.8, 4) is 0 Å². The molecule has 2 heterocycles. The van der Waals surface area contributed by atoms with Crippen LogP contribution in [-0.4, -0.2) is 77.0 Å². The maximum absolute atomic E-state index is 14.0. The first-order valence-corrected chi connectivity index (χ1v) is 14.0. The largest absolute Gasteiger partial charge is 0.467 e. The molecule has 222 valence electrons. The molecule has 0 radical (unpaired) electrons. The zero-order chi connectivity index (χ0) is 30.3. The molecule has 43 heavy (non-hydrogen) atoms. The lowest BCUT2D eigenvalue weighted by molar-refractivity contribution is -0.152. The fourth-order valence-corrected chi connectivity index (χ4v) is 5.26. The molecule has 1 saturated heterocycles. The standard InChI is InChI=1S/C32H32N4O7/c1-42-31(40)27-17-10-18-34(27)30(39)26(21-43-20-23-13-6-3-7-14-23)33-32(41)35(19-22-11-4-2-5-12-22)36-28(37)24-15-8-9-16-25(24)29(36)38/h2-9,11-16,26-27H,10,17-21H2,1H3,(H,33,41)/t26-,27-/m0/s1. The van der Waals surface area contributed by atoms with Crippen LogP contribution in [0, 0.1) is 0 Å². The summed E-state index contributed by atoms with van der Waals surface area (Å²) in [5, 5.41) is 4.49. The highest BCUT2D eigenvalue weighted by Crippen LogP contribution is 2.26. The predicted octanol–water partition coefficient (Wildman–Crippen LogP) is 3.16. The third kappa shape index (κ3) is 6.41. The lowest BCUT2D eigenvalue weighted by Gasteiger charge is -2.33. The molecule has 2 atom stereocenters. The van der Waals surface area contributed by atoms with Gasteiger partial charge in [-0.05, 0) is 36.1 Å². The van der Waals surface area contributed by atoms with E-state index in [9.17, 15) is 24.0 Å². The molecule has 1 fully saturated rings. The Bertz CT molecular complexity index is 1460. The first kappa shape index (κ1) is 29.5. The van der Waals surface area contributed by atoms with E-state index in [0.717, 1.165) is 15.6 Å². The lowest BCUT2D eigenvalue weighted by atomic mass is 10.1. The minimum Gasteiger partial charge on any atom is -0.467 e. The number of carbonyl (C=O) groups is 5. The van der Waals surface area contributed by atoms with Crippen molar-refractivity contribution >= 4 is 29.7 Å². The number of nitrogens with one attached hydrogen (secondary N) is 1. The Morgan fingerprint density at radius 3 is 2.07 bits per heavy atom. The number of rotatable bonds is 10. The van der Waals surface area contributed by atoms with Gasteiger partial charge in [0.25, 0.3) is 11.8 Å². The van der Waals surface area contributed by atoms with Crippen molar-refractivity contribution in [2.45, 2.75) is 38.1 Å². The molecule has 0 aliphatic carbocycles. The van der Waals surface area contributed by atoms with Gasteiger partial charge in [-0.2, -0.15) is 5.01 Å². The van der Waals surface area contributed by atoms with Crippen LogP contribution in [0.5, 0.6) is 0 Å². The Morgan fingerprint density at radius 1 is 0.884 bits per heavy atom. The first-order valence-electron chi connectivity index (χ1n) is 14.0. The molecule has 1 N–H and O–H groups in total. The summed E-state index contributed by atoms with van der Waals surface area (Å²) in [7, 11) is 1.26. The highest BCUT2D eigenvalue weighted by molar-refractivity contribution is 6.21. The number of hydrazine groups is 1. The summed E-state index contributed by atoms with van der Waals surface area (Å²) in [4.78, 5) is 68.3. The van der Waals surface area contributed by atoms with Gasteiger partial charge >= 0.3 is 12.0 Å². The number of amides is 5. The van der Waals surface area contributed by atoms with Crippen molar-refractivity contribution in [2.75, 3.05) is 20.3 Å². The van der Waals surface area contributed by atoms with Gasteiger partial charge in [-0.15, -0.1) is 0 Å². The summed E-state index contributed by atoms with van der Waals surface area (Å²) >= 11 is 0. The summed E-state index contributed by atoms with van der Waals surface area (Å²) < 4.78 is 10.8. The van der Waals surface area contributed by atoms with Gasteiger partial charge in [0.05, 0.1) is 38.0 Å². The number of benzene rings is 3. The minimum atomic E-state index is -1.23. The maximum atomic E-state index is 14.0. The van der Waals surface area contributed by atoms with Crippen LogP contribution in [0.15, 0.2) is 84.9 Å². The summed E-state index contributed by atoms with van der Waals surface area (Å²) in [6, 6.07) is 21.7. The van der Waals surface area contributed by atoms with Crippen LogP contribution in [0.4, 0.5) is 4.79 Å². The van der Waals surface area contributed by atoms with Gasteiger partial charge in [0.1, 0.15) is 12.1 Å². The number of hydrogen-bond acceptors (Lipinski definition) is 7.